The van der Waals surface area contributed by atoms with Gasteiger partial charge in [-0.2, -0.15) is 5.10 Å². The highest BCUT2D eigenvalue weighted by Gasteiger charge is 2.27. The van der Waals surface area contributed by atoms with Gasteiger partial charge < -0.3 is 10.8 Å². The number of guanidine groups is 1. The van der Waals surface area contributed by atoms with Crippen LogP contribution in [0.25, 0.3) is 0 Å². The highest BCUT2D eigenvalue weighted by molar-refractivity contribution is 6.32. The Kier molecular flexibility index (Phi) is 2.93. The highest BCUT2D eigenvalue weighted by atomic mass is 35.5. The van der Waals surface area contributed by atoms with Crippen molar-refractivity contribution in [3.8, 4) is 5.75 Å². The highest BCUT2D eigenvalue weighted by Crippen LogP contribution is 2.31. The Morgan fingerprint density at radius 2 is 2.35 bits per heavy atom. The minimum absolute atomic E-state index is 0.0187. The summed E-state index contributed by atoms with van der Waals surface area (Å²) in [4.78, 5) is 0. The molecule has 1 aliphatic heterocycles. The molecule has 1 aromatic carbocycles. The SMILES string of the molecule is C[C@@H]1CN(C(=N)N)N=C1c1cccc(Cl)c1O. The van der Waals surface area contributed by atoms with Crippen molar-refractivity contribution >= 4 is 23.3 Å². The van der Waals surface area contributed by atoms with E-state index in [1.165, 1.54) is 5.01 Å². The average Bonchev–Trinajstić information content (AvgIpc) is 2.65. The number of nitrogens with two attached hydrogens (primary N) is 1. The van der Waals surface area contributed by atoms with E-state index >= 15 is 0 Å². The topological polar surface area (TPSA) is 85.7 Å². The molecule has 0 spiro atoms. The minimum Gasteiger partial charge on any atom is -0.506 e. The van der Waals surface area contributed by atoms with Crippen molar-refractivity contribution in [3.05, 3.63) is 28.8 Å². The molecular formula is C11H13ClN4O. The predicted molar refractivity (Wildman–Crippen MR) is 67.4 cm³/mol. The summed E-state index contributed by atoms with van der Waals surface area (Å²) in [7, 11) is 0. The van der Waals surface area contributed by atoms with Crippen LogP contribution in [0.2, 0.25) is 5.02 Å². The second-order valence-electron chi connectivity index (χ2n) is 3.99. The predicted octanol–water partition coefficient (Wildman–Crippen LogP) is 1.59. The summed E-state index contributed by atoms with van der Waals surface area (Å²) >= 11 is 5.85. The van der Waals surface area contributed by atoms with E-state index in [0.717, 1.165) is 0 Å². The van der Waals surface area contributed by atoms with Gasteiger partial charge in [0.25, 0.3) is 0 Å². The number of hydrogen-bond acceptors (Lipinski definition) is 3. The van der Waals surface area contributed by atoms with Gasteiger partial charge in [-0.3, -0.25) is 5.41 Å². The van der Waals surface area contributed by atoms with E-state index in [1.807, 2.05) is 6.92 Å². The maximum absolute atomic E-state index is 9.88. The molecule has 1 aromatic rings. The summed E-state index contributed by atoms with van der Waals surface area (Å²) in [6, 6.07) is 5.12. The zero-order valence-corrected chi connectivity index (χ0v) is 10.1. The van der Waals surface area contributed by atoms with Crippen LogP contribution in [0.5, 0.6) is 5.75 Å². The van der Waals surface area contributed by atoms with Gasteiger partial charge in [0.05, 0.1) is 17.3 Å². The third-order valence-electron chi connectivity index (χ3n) is 2.68. The molecule has 1 heterocycles. The number of nitrogens with one attached hydrogen (secondary N) is 1. The molecule has 6 heteroatoms. The largest absolute Gasteiger partial charge is 0.506 e. The Hall–Kier alpha value is -1.75. The fourth-order valence-electron chi connectivity index (χ4n) is 1.81. The first-order valence-corrected chi connectivity index (χ1v) is 5.56. The van der Waals surface area contributed by atoms with Crippen molar-refractivity contribution in [2.75, 3.05) is 6.54 Å². The number of aromatic hydroxyl groups is 1. The average molecular weight is 253 g/mol. The molecule has 0 amide bonds. The monoisotopic (exact) mass is 252 g/mol. The molecule has 17 heavy (non-hydrogen) atoms. The maximum Gasteiger partial charge on any atom is 0.209 e. The van der Waals surface area contributed by atoms with E-state index in [0.29, 0.717) is 22.8 Å². The lowest BCUT2D eigenvalue weighted by Gasteiger charge is -2.10. The van der Waals surface area contributed by atoms with Crippen LogP contribution in [0.4, 0.5) is 0 Å². The molecule has 0 bridgehead atoms. The van der Waals surface area contributed by atoms with E-state index in [2.05, 4.69) is 5.10 Å². The van der Waals surface area contributed by atoms with Crippen LogP contribution in [-0.2, 0) is 0 Å². The minimum atomic E-state index is -0.103. The van der Waals surface area contributed by atoms with Crippen molar-refractivity contribution in [2.24, 2.45) is 16.8 Å². The van der Waals surface area contributed by atoms with Crippen LogP contribution >= 0.6 is 11.6 Å². The first kappa shape index (κ1) is 11.7. The first-order chi connectivity index (χ1) is 8.00. The van der Waals surface area contributed by atoms with Crippen molar-refractivity contribution in [3.63, 3.8) is 0 Å². The number of benzene rings is 1. The molecule has 4 N–H and O–H groups in total. The lowest BCUT2D eigenvalue weighted by atomic mass is 9.99. The Morgan fingerprint density at radius 3 is 2.94 bits per heavy atom. The second kappa shape index (κ2) is 4.25. The van der Waals surface area contributed by atoms with Crippen molar-refractivity contribution in [1.82, 2.24) is 5.01 Å². The smallest absolute Gasteiger partial charge is 0.209 e. The number of phenols is 1. The number of hydrogen-bond donors (Lipinski definition) is 3. The Balaban J connectivity index is 2.43. The van der Waals surface area contributed by atoms with E-state index in [-0.39, 0.29) is 17.6 Å². The summed E-state index contributed by atoms with van der Waals surface area (Å²) in [6.07, 6.45) is 0. The Bertz CT molecular complexity index is 500. The third kappa shape index (κ3) is 2.06. The zero-order valence-electron chi connectivity index (χ0n) is 9.31. The lowest BCUT2D eigenvalue weighted by Crippen LogP contribution is -2.31. The molecular weight excluding hydrogens is 240 g/mol. The van der Waals surface area contributed by atoms with Gasteiger partial charge in [-0.1, -0.05) is 24.6 Å². The fourth-order valence-corrected chi connectivity index (χ4v) is 1.98. The molecule has 1 atom stereocenters. The maximum atomic E-state index is 9.88. The molecule has 0 fully saturated rings. The second-order valence-corrected chi connectivity index (χ2v) is 4.40. The number of rotatable bonds is 1. The van der Waals surface area contributed by atoms with Gasteiger partial charge in [0.15, 0.2) is 0 Å². The van der Waals surface area contributed by atoms with Crippen LogP contribution < -0.4 is 5.73 Å². The molecule has 0 saturated heterocycles. The molecule has 0 aromatic heterocycles. The normalized spacial score (nSPS) is 19.3. The molecule has 90 valence electrons. The number of halogens is 1. The lowest BCUT2D eigenvalue weighted by molar-refractivity contribution is 0.448. The third-order valence-corrected chi connectivity index (χ3v) is 2.99. The van der Waals surface area contributed by atoms with E-state index in [4.69, 9.17) is 22.7 Å². The van der Waals surface area contributed by atoms with Crippen LogP contribution in [-0.4, -0.2) is 28.3 Å². The zero-order chi connectivity index (χ0) is 12.6. The van der Waals surface area contributed by atoms with Crippen LogP contribution in [0.15, 0.2) is 23.3 Å². The van der Waals surface area contributed by atoms with Crippen molar-refractivity contribution in [1.29, 1.82) is 5.41 Å². The first-order valence-electron chi connectivity index (χ1n) is 5.18. The van der Waals surface area contributed by atoms with Gasteiger partial charge in [-0.15, -0.1) is 0 Å². The summed E-state index contributed by atoms with van der Waals surface area (Å²) in [5.41, 5.74) is 6.67. The molecule has 0 aliphatic carbocycles. The Morgan fingerprint density at radius 1 is 1.65 bits per heavy atom. The standard InChI is InChI=1S/C11H13ClN4O/c1-6-5-16(11(13)14)15-9(6)7-3-2-4-8(12)10(7)17/h2-4,6,17H,5H2,1H3,(H3,13,14)/t6-/m1/s1. The van der Waals surface area contributed by atoms with E-state index in [1.54, 1.807) is 18.2 Å². The van der Waals surface area contributed by atoms with Gasteiger partial charge in [-0.25, -0.2) is 5.01 Å². The summed E-state index contributed by atoms with van der Waals surface area (Å²) in [6.45, 7) is 2.50. The van der Waals surface area contributed by atoms with Crippen molar-refractivity contribution < 1.29 is 5.11 Å². The van der Waals surface area contributed by atoms with Gasteiger partial charge >= 0.3 is 0 Å². The summed E-state index contributed by atoms with van der Waals surface area (Å²) in [5.74, 6) is 0.00167. The van der Waals surface area contributed by atoms with Gasteiger partial charge in [0, 0.05) is 11.5 Å². The van der Waals surface area contributed by atoms with E-state index < -0.39 is 0 Å². The number of nitrogens with zero attached hydrogens (tertiary/aromatic N) is 2. The molecule has 1 aliphatic rings. The summed E-state index contributed by atoms with van der Waals surface area (Å²) in [5, 5.41) is 23.1. The molecule has 5 nitrogen and oxygen atoms in total. The number of para-hydroxylation sites is 1. The molecule has 0 saturated carbocycles. The van der Waals surface area contributed by atoms with Crippen LogP contribution in [0.3, 0.4) is 0 Å². The van der Waals surface area contributed by atoms with Crippen LogP contribution in [0.1, 0.15) is 12.5 Å². The van der Waals surface area contributed by atoms with Crippen LogP contribution in [0, 0.1) is 11.3 Å². The summed E-state index contributed by atoms with van der Waals surface area (Å²) < 4.78 is 0. The van der Waals surface area contributed by atoms with Crippen molar-refractivity contribution in [2.45, 2.75) is 6.92 Å². The van der Waals surface area contributed by atoms with Gasteiger partial charge in [0.2, 0.25) is 5.96 Å². The quantitative estimate of drug-likeness (QED) is 0.524. The van der Waals surface area contributed by atoms with Gasteiger partial charge in [-0.05, 0) is 12.1 Å². The Labute approximate surface area is 104 Å². The molecule has 0 radical (unpaired) electrons. The molecule has 0 unspecified atom stereocenters. The van der Waals surface area contributed by atoms with Gasteiger partial charge in [0.1, 0.15) is 5.75 Å². The molecule has 2 rings (SSSR count). The number of phenolic OH excluding ortho intramolecular Hbond substituents is 1. The number of hydrazone groups is 1. The van der Waals surface area contributed by atoms with E-state index in [9.17, 15) is 5.11 Å². The fraction of sp³-hybridized carbons (Fsp3) is 0.273.